The van der Waals surface area contributed by atoms with E-state index in [0.29, 0.717) is 17.0 Å². The molecule has 4 aromatic rings. The fourth-order valence-electron chi connectivity index (χ4n) is 2.70. The van der Waals surface area contributed by atoms with Gasteiger partial charge in [-0.1, -0.05) is 0 Å². The summed E-state index contributed by atoms with van der Waals surface area (Å²) in [5.41, 5.74) is 1.21. The van der Waals surface area contributed by atoms with Gasteiger partial charge in [0.25, 0.3) is 10.0 Å². The van der Waals surface area contributed by atoms with Crippen LogP contribution >= 0.6 is 0 Å². The van der Waals surface area contributed by atoms with Crippen LogP contribution in [0.15, 0.2) is 54.3 Å². The SMILES string of the molecule is COc1cccnc1CNS(=O)(=O)c1nc2cc(-n3ccnc3)c(F)cc2[nH]1. The predicted molar refractivity (Wildman–Crippen MR) is 98.0 cm³/mol. The molecule has 0 bridgehead atoms. The summed E-state index contributed by atoms with van der Waals surface area (Å²) in [7, 11) is -2.51. The Hall–Kier alpha value is -3.31. The van der Waals surface area contributed by atoms with E-state index in [2.05, 4.69) is 24.7 Å². The molecule has 0 aliphatic carbocycles. The summed E-state index contributed by atoms with van der Waals surface area (Å²) in [4.78, 5) is 14.7. The van der Waals surface area contributed by atoms with Crippen molar-refractivity contribution in [3.63, 3.8) is 0 Å². The van der Waals surface area contributed by atoms with Gasteiger partial charge in [0.1, 0.15) is 11.6 Å². The maximum atomic E-state index is 14.4. The van der Waals surface area contributed by atoms with Gasteiger partial charge >= 0.3 is 0 Å². The zero-order valence-electron chi connectivity index (χ0n) is 14.6. The number of hydrogen-bond donors (Lipinski definition) is 2. The number of imidazole rings is 2. The number of methoxy groups -OCH3 is 1. The molecule has 9 nitrogen and oxygen atoms in total. The first-order valence-corrected chi connectivity index (χ1v) is 9.61. The highest BCUT2D eigenvalue weighted by atomic mass is 32.2. The molecule has 0 radical (unpaired) electrons. The third-order valence-corrected chi connectivity index (χ3v) is 5.29. The summed E-state index contributed by atoms with van der Waals surface area (Å²) in [6, 6.07) is 6.00. The van der Waals surface area contributed by atoms with Gasteiger partial charge in [0, 0.05) is 24.7 Å². The number of nitrogens with one attached hydrogen (secondary N) is 2. The number of fused-ring (bicyclic) bond motifs is 1. The van der Waals surface area contributed by atoms with Crippen molar-refractivity contribution in [1.82, 2.24) is 29.2 Å². The summed E-state index contributed by atoms with van der Waals surface area (Å²) in [6.45, 7) is -0.0853. The number of aromatic nitrogens is 5. The number of benzene rings is 1. The van der Waals surface area contributed by atoms with E-state index in [1.165, 1.54) is 42.5 Å². The minimum atomic E-state index is -3.98. The number of aromatic amines is 1. The van der Waals surface area contributed by atoms with E-state index >= 15 is 0 Å². The van der Waals surface area contributed by atoms with E-state index in [1.807, 2.05) is 0 Å². The summed E-state index contributed by atoms with van der Waals surface area (Å²) >= 11 is 0. The van der Waals surface area contributed by atoms with Crippen LogP contribution in [-0.2, 0) is 16.6 Å². The molecule has 0 spiro atoms. The molecule has 0 atom stereocenters. The van der Waals surface area contributed by atoms with Crippen LogP contribution in [0.3, 0.4) is 0 Å². The third-order valence-electron chi connectivity index (χ3n) is 4.06. The highest BCUT2D eigenvalue weighted by Gasteiger charge is 2.21. The Bertz CT molecular complexity index is 1240. The quantitative estimate of drug-likeness (QED) is 0.508. The summed E-state index contributed by atoms with van der Waals surface area (Å²) in [5, 5.41) is -0.320. The summed E-state index contributed by atoms with van der Waals surface area (Å²) < 4.78 is 48.6. The topological polar surface area (TPSA) is 115 Å². The highest BCUT2D eigenvalue weighted by Crippen LogP contribution is 2.22. The lowest BCUT2D eigenvalue weighted by Gasteiger charge is -2.07. The van der Waals surface area contributed by atoms with Crippen LogP contribution in [0.5, 0.6) is 5.75 Å². The van der Waals surface area contributed by atoms with Gasteiger partial charge < -0.3 is 14.3 Å². The van der Waals surface area contributed by atoms with Gasteiger partial charge in [0.05, 0.1) is 42.4 Å². The number of sulfonamides is 1. The molecular formula is C17H15FN6O3S. The van der Waals surface area contributed by atoms with Crippen LogP contribution in [0.25, 0.3) is 16.7 Å². The number of pyridine rings is 1. The van der Waals surface area contributed by atoms with Crippen molar-refractivity contribution in [2.75, 3.05) is 7.11 Å². The van der Waals surface area contributed by atoms with E-state index in [0.717, 1.165) is 0 Å². The van der Waals surface area contributed by atoms with E-state index in [-0.39, 0.29) is 22.9 Å². The minimum absolute atomic E-state index is 0.0853. The number of halogens is 1. The van der Waals surface area contributed by atoms with Crippen LogP contribution in [0, 0.1) is 5.82 Å². The molecule has 0 aliphatic heterocycles. The zero-order chi connectivity index (χ0) is 19.7. The second-order valence-corrected chi connectivity index (χ2v) is 7.49. The first kappa shape index (κ1) is 18.1. The lowest BCUT2D eigenvalue weighted by molar-refractivity contribution is 0.406. The lowest BCUT2D eigenvalue weighted by Crippen LogP contribution is -2.25. The molecule has 0 unspecified atom stereocenters. The second kappa shape index (κ2) is 7.02. The van der Waals surface area contributed by atoms with Crippen LogP contribution < -0.4 is 9.46 Å². The van der Waals surface area contributed by atoms with Crippen LogP contribution in [0.4, 0.5) is 4.39 Å². The lowest BCUT2D eigenvalue weighted by atomic mass is 10.2. The molecular weight excluding hydrogens is 387 g/mol. The Kier molecular flexibility index (Phi) is 4.53. The standard InChI is InChI=1S/C17H15FN6O3S/c1-27-16-3-2-4-20-14(16)9-21-28(25,26)17-22-12-7-11(18)15(8-13(12)23-17)24-6-5-19-10-24/h2-8,10,21H,9H2,1H3,(H,22,23). The smallest absolute Gasteiger partial charge is 0.274 e. The second-order valence-electron chi connectivity index (χ2n) is 5.81. The van der Waals surface area contributed by atoms with Gasteiger partial charge in [-0.3, -0.25) is 4.98 Å². The van der Waals surface area contributed by atoms with Crippen molar-refractivity contribution in [2.45, 2.75) is 11.7 Å². The molecule has 3 heterocycles. The molecule has 0 amide bonds. The minimum Gasteiger partial charge on any atom is -0.495 e. The Morgan fingerprint density at radius 1 is 1.32 bits per heavy atom. The third kappa shape index (κ3) is 3.32. The van der Waals surface area contributed by atoms with Gasteiger partial charge in [-0.15, -0.1) is 0 Å². The average molecular weight is 402 g/mol. The van der Waals surface area contributed by atoms with Gasteiger partial charge in [-0.2, -0.15) is 0 Å². The van der Waals surface area contributed by atoms with Crippen molar-refractivity contribution in [3.05, 3.63) is 60.7 Å². The first-order chi connectivity index (χ1) is 13.5. The fourth-order valence-corrected chi connectivity index (χ4v) is 3.62. The number of rotatable bonds is 6. The molecule has 0 saturated heterocycles. The average Bonchev–Trinajstić information content (AvgIpc) is 3.35. The van der Waals surface area contributed by atoms with Gasteiger partial charge in [-0.25, -0.2) is 27.5 Å². The molecule has 28 heavy (non-hydrogen) atoms. The molecule has 144 valence electrons. The Labute approximate surface area is 159 Å². The van der Waals surface area contributed by atoms with E-state index in [1.54, 1.807) is 18.3 Å². The first-order valence-electron chi connectivity index (χ1n) is 8.13. The molecule has 4 rings (SSSR count). The highest BCUT2D eigenvalue weighted by molar-refractivity contribution is 7.89. The number of H-pyrrole nitrogens is 1. The van der Waals surface area contributed by atoms with E-state index in [4.69, 9.17) is 4.74 Å². The summed E-state index contributed by atoms with van der Waals surface area (Å²) in [5.74, 6) is -0.0777. The molecule has 0 saturated carbocycles. The molecule has 3 aromatic heterocycles. The van der Waals surface area contributed by atoms with E-state index in [9.17, 15) is 12.8 Å². The Balaban J connectivity index is 1.64. The van der Waals surface area contributed by atoms with Crippen molar-refractivity contribution < 1.29 is 17.5 Å². The molecule has 0 aliphatic rings. The zero-order valence-corrected chi connectivity index (χ0v) is 15.4. The van der Waals surface area contributed by atoms with Crippen LogP contribution in [0.2, 0.25) is 0 Å². The van der Waals surface area contributed by atoms with Crippen molar-refractivity contribution in [3.8, 4) is 11.4 Å². The van der Waals surface area contributed by atoms with Gasteiger partial charge in [0.2, 0.25) is 5.16 Å². The molecule has 1 aromatic carbocycles. The van der Waals surface area contributed by atoms with Crippen molar-refractivity contribution >= 4 is 21.1 Å². The van der Waals surface area contributed by atoms with E-state index < -0.39 is 15.8 Å². The predicted octanol–water partition coefficient (Wildman–Crippen LogP) is 1.77. The Morgan fingerprint density at radius 3 is 2.93 bits per heavy atom. The van der Waals surface area contributed by atoms with Crippen LogP contribution in [0.1, 0.15) is 5.69 Å². The molecule has 11 heteroatoms. The van der Waals surface area contributed by atoms with Crippen molar-refractivity contribution in [1.29, 1.82) is 0 Å². The summed E-state index contributed by atoms with van der Waals surface area (Å²) in [6.07, 6.45) is 6.07. The maximum absolute atomic E-state index is 14.4. The van der Waals surface area contributed by atoms with Gasteiger partial charge in [-0.05, 0) is 18.2 Å². The van der Waals surface area contributed by atoms with Crippen molar-refractivity contribution in [2.24, 2.45) is 0 Å². The fraction of sp³-hybridized carbons (Fsp3) is 0.118. The molecule has 0 fully saturated rings. The number of hydrogen-bond acceptors (Lipinski definition) is 6. The van der Waals surface area contributed by atoms with Gasteiger partial charge in [0.15, 0.2) is 0 Å². The maximum Gasteiger partial charge on any atom is 0.274 e. The Morgan fingerprint density at radius 2 is 2.18 bits per heavy atom. The molecule has 2 N–H and O–H groups in total. The normalized spacial score (nSPS) is 11.8. The monoisotopic (exact) mass is 402 g/mol. The van der Waals surface area contributed by atoms with Crippen LogP contribution in [-0.4, -0.2) is 40.0 Å². The number of nitrogens with zero attached hydrogens (tertiary/aromatic N) is 4. The number of ether oxygens (including phenoxy) is 1. The largest absolute Gasteiger partial charge is 0.495 e.